The van der Waals surface area contributed by atoms with E-state index in [4.69, 9.17) is 14.2 Å². The lowest BCUT2D eigenvalue weighted by molar-refractivity contribution is -0.167. The summed E-state index contributed by atoms with van der Waals surface area (Å²) in [5.41, 5.74) is 0. The number of esters is 3. The summed E-state index contributed by atoms with van der Waals surface area (Å²) in [6.07, 6.45) is 71.1. The van der Waals surface area contributed by atoms with Crippen molar-refractivity contribution in [3.63, 3.8) is 0 Å². The van der Waals surface area contributed by atoms with Crippen LogP contribution in [0.4, 0.5) is 0 Å². The van der Waals surface area contributed by atoms with E-state index in [1.54, 1.807) is 0 Å². The molecule has 1 unspecified atom stereocenters. The molecule has 0 aliphatic heterocycles. The standard InChI is InChI=1S/C60H100O6/c1-4-7-10-13-16-19-22-25-26-27-28-29-30-31-32-33-34-36-38-41-44-47-50-53-59(62)65-56-57(55-64-58(61)52-49-46-43-40-37-24-21-18-15-12-9-6-3)66-60(63)54-51-48-45-42-39-35-23-20-17-14-11-8-5-2/h7-8,10-11,16-21,25-26,28-29,35,39,57H,4-6,9,12-15,22-24,27,30-34,36-38,40-56H2,1-3H3/b10-7-,11-8-,19-16-,20-17-,21-18-,26-25-,29-28-,39-35-. The van der Waals surface area contributed by atoms with E-state index in [0.717, 1.165) is 116 Å². The van der Waals surface area contributed by atoms with Gasteiger partial charge in [-0.25, -0.2) is 0 Å². The molecule has 6 heteroatoms. The Balaban J connectivity index is 4.34. The van der Waals surface area contributed by atoms with E-state index in [1.807, 2.05) is 0 Å². The molecule has 0 spiro atoms. The Bertz CT molecular complexity index is 1330. The Morgan fingerprint density at radius 3 is 0.955 bits per heavy atom. The second-order valence-electron chi connectivity index (χ2n) is 17.7. The van der Waals surface area contributed by atoms with Gasteiger partial charge in [-0.3, -0.25) is 14.4 Å². The minimum Gasteiger partial charge on any atom is -0.462 e. The third-order valence-electron chi connectivity index (χ3n) is 11.3. The van der Waals surface area contributed by atoms with Crippen molar-refractivity contribution < 1.29 is 28.6 Å². The van der Waals surface area contributed by atoms with Crippen molar-refractivity contribution in [3.8, 4) is 0 Å². The summed E-state index contributed by atoms with van der Waals surface area (Å²) in [5, 5.41) is 0. The van der Waals surface area contributed by atoms with E-state index in [9.17, 15) is 14.4 Å². The molecule has 0 rings (SSSR count). The summed E-state index contributed by atoms with van der Waals surface area (Å²) < 4.78 is 16.8. The van der Waals surface area contributed by atoms with Crippen LogP contribution in [0.25, 0.3) is 0 Å². The van der Waals surface area contributed by atoms with Gasteiger partial charge in [-0.1, -0.05) is 208 Å². The number of allylic oxidation sites excluding steroid dienone is 16. The zero-order valence-electron chi connectivity index (χ0n) is 42.9. The molecule has 0 saturated heterocycles. The van der Waals surface area contributed by atoms with Gasteiger partial charge >= 0.3 is 17.9 Å². The lowest BCUT2D eigenvalue weighted by Gasteiger charge is -2.18. The normalized spacial score (nSPS) is 12.8. The van der Waals surface area contributed by atoms with E-state index in [1.165, 1.54) is 89.9 Å². The van der Waals surface area contributed by atoms with E-state index in [0.29, 0.717) is 12.8 Å². The molecule has 0 amide bonds. The van der Waals surface area contributed by atoms with Crippen LogP contribution in [0.15, 0.2) is 97.2 Å². The molecular weight excluding hydrogens is 817 g/mol. The number of unbranched alkanes of at least 4 members (excludes halogenated alkanes) is 21. The molecule has 0 bridgehead atoms. The van der Waals surface area contributed by atoms with Gasteiger partial charge in [0.05, 0.1) is 0 Å². The van der Waals surface area contributed by atoms with Gasteiger partial charge in [0.25, 0.3) is 0 Å². The molecule has 0 radical (unpaired) electrons. The van der Waals surface area contributed by atoms with Crippen molar-refractivity contribution >= 4 is 17.9 Å². The van der Waals surface area contributed by atoms with E-state index in [2.05, 4.69) is 118 Å². The van der Waals surface area contributed by atoms with Gasteiger partial charge in [0.2, 0.25) is 0 Å². The SMILES string of the molecule is CC/C=C\C/C=C\C/C=C\C/C=C\CCCCCCCCCCCCC(=O)OCC(COC(=O)CCCCCCC/C=C\CCCCC)OC(=O)CCCCC/C=C\C/C=C\C/C=C\CC. The van der Waals surface area contributed by atoms with Gasteiger partial charge < -0.3 is 14.2 Å². The average molecular weight is 917 g/mol. The first-order valence-electron chi connectivity index (χ1n) is 27.2. The van der Waals surface area contributed by atoms with Crippen molar-refractivity contribution in [2.24, 2.45) is 0 Å². The molecule has 1 atom stereocenters. The van der Waals surface area contributed by atoms with Gasteiger partial charge in [-0.15, -0.1) is 0 Å². The minimum absolute atomic E-state index is 0.0948. The molecule has 0 aliphatic rings. The predicted molar refractivity (Wildman–Crippen MR) is 284 cm³/mol. The second kappa shape index (κ2) is 53.9. The van der Waals surface area contributed by atoms with Crippen molar-refractivity contribution in [3.05, 3.63) is 97.2 Å². The van der Waals surface area contributed by atoms with Gasteiger partial charge in [0.15, 0.2) is 6.10 Å². The van der Waals surface area contributed by atoms with Crippen LogP contribution >= 0.6 is 0 Å². The second-order valence-corrected chi connectivity index (χ2v) is 17.7. The molecule has 6 nitrogen and oxygen atoms in total. The number of rotatable bonds is 48. The highest BCUT2D eigenvalue weighted by atomic mass is 16.6. The van der Waals surface area contributed by atoms with Crippen molar-refractivity contribution in [1.29, 1.82) is 0 Å². The molecule has 0 aromatic rings. The number of carbonyl (C=O) groups excluding carboxylic acids is 3. The zero-order chi connectivity index (χ0) is 47.9. The fraction of sp³-hybridized carbons (Fsp3) is 0.683. The third kappa shape index (κ3) is 51.3. The highest BCUT2D eigenvalue weighted by Gasteiger charge is 2.19. The Kier molecular flexibility index (Phi) is 50.9. The topological polar surface area (TPSA) is 78.9 Å². The fourth-order valence-electron chi connectivity index (χ4n) is 7.27. The number of hydrogen-bond donors (Lipinski definition) is 0. The summed E-state index contributed by atoms with van der Waals surface area (Å²) >= 11 is 0. The molecule has 0 aromatic carbocycles. The molecule has 0 N–H and O–H groups in total. The Morgan fingerprint density at radius 1 is 0.318 bits per heavy atom. The molecule has 0 heterocycles. The maximum absolute atomic E-state index is 12.8. The minimum atomic E-state index is -0.798. The van der Waals surface area contributed by atoms with Crippen molar-refractivity contribution in [1.82, 2.24) is 0 Å². The zero-order valence-corrected chi connectivity index (χ0v) is 42.9. The molecule has 0 fully saturated rings. The largest absolute Gasteiger partial charge is 0.462 e. The van der Waals surface area contributed by atoms with Gasteiger partial charge in [-0.2, -0.15) is 0 Å². The number of carbonyl (C=O) groups is 3. The highest BCUT2D eigenvalue weighted by molar-refractivity contribution is 5.71. The first-order chi connectivity index (χ1) is 32.5. The summed E-state index contributed by atoms with van der Waals surface area (Å²) in [5.74, 6) is -0.939. The average Bonchev–Trinajstić information content (AvgIpc) is 3.31. The predicted octanol–water partition coefficient (Wildman–Crippen LogP) is 18.1. The molecule has 66 heavy (non-hydrogen) atoms. The van der Waals surface area contributed by atoms with Crippen molar-refractivity contribution in [2.45, 2.75) is 252 Å². The van der Waals surface area contributed by atoms with Crippen LogP contribution in [0.2, 0.25) is 0 Å². The van der Waals surface area contributed by atoms with Crippen LogP contribution in [0.1, 0.15) is 245 Å². The highest BCUT2D eigenvalue weighted by Crippen LogP contribution is 2.14. The fourth-order valence-corrected chi connectivity index (χ4v) is 7.27. The molecule has 0 aliphatic carbocycles. The third-order valence-corrected chi connectivity index (χ3v) is 11.3. The van der Waals surface area contributed by atoms with E-state index >= 15 is 0 Å². The molecular formula is C60H100O6. The smallest absolute Gasteiger partial charge is 0.306 e. The summed E-state index contributed by atoms with van der Waals surface area (Å²) in [4.78, 5) is 38.0. The van der Waals surface area contributed by atoms with Crippen LogP contribution in [0, 0.1) is 0 Å². The lowest BCUT2D eigenvalue weighted by atomic mass is 10.1. The van der Waals surface area contributed by atoms with Crippen LogP contribution in [0.3, 0.4) is 0 Å². The summed E-state index contributed by atoms with van der Waals surface area (Å²) in [7, 11) is 0. The van der Waals surface area contributed by atoms with Gasteiger partial charge in [0.1, 0.15) is 13.2 Å². The van der Waals surface area contributed by atoms with E-state index < -0.39 is 6.10 Å². The van der Waals surface area contributed by atoms with Gasteiger partial charge in [-0.05, 0) is 116 Å². The first-order valence-corrected chi connectivity index (χ1v) is 27.2. The summed E-state index contributed by atoms with van der Waals surface area (Å²) in [6, 6.07) is 0. The Labute approximate surface area is 407 Å². The maximum Gasteiger partial charge on any atom is 0.306 e. The number of ether oxygens (including phenoxy) is 3. The van der Waals surface area contributed by atoms with Crippen LogP contribution in [0.5, 0.6) is 0 Å². The van der Waals surface area contributed by atoms with Crippen LogP contribution in [-0.4, -0.2) is 37.2 Å². The molecule has 376 valence electrons. The summed E-state index contributed by atoms with van der Waals surface area (Å²) in [6.45, 7) is 6.35. The van der Waals surface area contributed by atoms with Crippen LogP contribution < -0.4 is 0 Å². The van der Waals surface area contributed by atoms with Crippen LogP contribution in [-0.2, 0) is 28.6 Å². The van der Waals surface area contributed by atoms with E-state index in [-0.39, 0.29) is 37.5 Å². The molecule has 0 aromatic heterocycles. The first kappa shape index (κ1) is 62.3. The Morgan fingerprint density at radius 2 is 0.591 bits per heavy atom. The van der Waals surface area contributed by atoms with Crippen molar-refractivity contribution in [2.75, 3.05) is 13.2 Å². The quantitative estimate of drug-likeness (QED) is 0.0262. The maximum atomic E-state index is 12.8. The molecule has 0 saturated carbocycles. The van der Waals surface area contributed by atoms with Gasteiger partial charge in [0, 0.05) is 19.3 Å². The Hall–Kier alpha value is -3.67. The lowest BCUT2D eigenvalue weighted by Crippen LogP contribution is -2.30. The number of hydrogen-bond acceptors (Lipinski definition) is 6. The monoisotopic (exact) mass is 917 g/mol.